The van der Waals surface area contributed by atoms with Crippen molar-refractivity contribution in [1.29, 1.82) is 0 Å². The van der Waals surface area contributed by atoms with Crippen LogP contribution in [0.5, 0.6) is 0 Å². The Labute approximate surface area is 121 Å². The van der Waals surface area contributed by atoms with Crippen molar-refractivity contribution in [3.8, 4) is 0 Å². The number of rotatable bonds is 4. The highest BCUT2D eigenvalue weighted by atomic mass is 32.2. The number of hydrogen-bond donors (Lipinski definition) is 2. The van der Waals surface area contributed by atoms with Gasteiger partial charge < -0.3 is 5.73 Å². The van der Waals surface area contributed by atoms with Crippen molar-refractivity contribution in [3.63, 3.8) is 0 Å². The lowest BCUT2D eigenvalue weighted by Crippen LogP contribution is -2.49. The second-order valence-electron chi connectivity index (χ2n) is 5.05. The molecule has 0 spiro atoms. The van der Waals surface area contributed by atoms with Crippen LogP contribution in [0, 0.1) is 15.9 Å². The van der Waals surface area contributed by atoms with Gasteiger partial charge >= 0.3 is 5.69 Å². The Morgan fingerprint density at radius 2 is 2.00 bits per heavy atom. The molecule has 21 heavy (non-hydrogen) atoms. The Bertz CT molecular complexity index is 650. The highest BCUT2D eigenvalue weighted by Gasteiger charge is 2.28. The lowest BCUT2D eigenvalue weighted by atomic mass is 9.92. The molecule has 1 aromatic carbocycles. The number of nitrogens with two attached hydrogens (primary N) is 1. The molecule has 116 valence electrons. The minimum atomic E-state index is -3.95. The average Bonchev–Trinajstić information content (AvgIpc) is 2.40. The summed E-state index contributed by atoms with van der Waals surface area (Å²) in [6.45, 7) is 0. The number of nitrogens with zero attached hydrogens (tertiary/aromatic N) is 1. The third-order valence-corrected chi connectivity index (χ3v) is 5.04. The van der Waals surface area contributed by atoms with Crippen LogP contribution in [0.25, 0.3) is 0 Å². The molecule has 0 aliphatic heterocycles. The Hall–Kier alpha value is -1.58. The zero-order chi connectivity index (χ0) is 15.6. The van der Waals surface area contributed by atoms with Gasteiger partial charge in [0.15, 0.2) is 0 Å². The summed E-state index contributed by atoms with van der Waals surface area (Å²) in [5.74, 6) is -1.18. The molecule has 9 heteroatoms. The molecule has 2 atom stereocenters. The topological polar surface area (TPSA) is 115 Å². The SMILES string of the molecule is NC1CCCCC1NS(=O)(=O)c1ccc([N+](=O)[O-])c(F)c1. The van der Waals surface area contributed by atoms with E-state index in [-0.39, 0.29) is 10.9 Å². The van der Waals surface area contributed by atoms with Gasteiger partial charge in [-0.05, 0) is 18.9 Å². The quantitative estimate of drug-likeness (QED) is 0.641. The summed E-state index contributed by atoms with van der Waals surface area (Å²) in [5, 5.41) is 10.5. The van der Waals surface area contributed by atoms with Crippen LogP contribution in [0.3, 0.4) is 0 Å². The minimum absolute atomic E-state index is 0.281. The molecule has 7 nitrogen and oxygen atoms in total. The molecule has 2 unspecified atom stereocenters. The van der Waals surface area contributed by atoms with Crippen molar-refractivity contribution in [2.24, 2.45) is 5.73 Å². The smallest absolute Gasteiger partial charge is 0.304 e. The molecule has 1 aliphatic carbocycles. The molecule has 2 rings (SSSR count). The molecule has 1 aliphatic rings. The van der Waals surface area contributed by atoms with Crippen LogP contribution in [0.2, 0.25) is 0 Å². The third-order valence-electron chi connectivity index (χ3n) is 3.55. The summed E-state index contributed by atoms with van der Waals surface area (Å²) in [4.78, 5) is 9.28. The number of benzene rings is 1. The summed E-state index contributed by atoms with van der Waals surface area (Å²) < 4.78 is 40.3. The summed E-state index contributed by atoms with van der Waals surface area (Å²) in [6, 6.07) is 1.82. The molecular formula is C12H16FN3O4S. The Morgan fingerprint density at radius 3 is 2.57 bits per heavy atom. The Morgan fingerprint density at radius 1 is 1.33 bits per heavy atom. The van der Waals surface area contributed by atoms with Crippen molar-refractivity contribution >= 4 is 15.7 Å². The molecule has 0 amide bonds. The van der Waals surface area contributed by atoms with Gasteiger partial charge in [-0.25, -0.2) is 13.1 Å². The highest BCUT2D eigenvalue weighted by Crippen LogP contribution is 2.23. The van der Waals surface area contributed by atoms with E-state index in [1.807, 2.05) is 0 Å². The minimum Gasteiger partial charge on any atom is -0.326 e. The van der Waals surface area contributed by atoms with Gasteiger partial charge in [-0.15, -0.1) is 0 Å². The fourth-order valence-electron chi connectivity index (χ4n) is 2.38. The van der Waals surface area contributed by atoms with Crippen molar-refractivity contribution in [2.75, 3.05) is 0 Å². The van der Waals surface area contributed by atoms with Crippen molar-refractivity contribution in [3.05, 3.63) is 34.1 Å². The standard InChI is InChI=1S/C12H16FN3O4S/c13-9-7-8(5-6-12(9)16(17)18)21(19,20)15-11-4-2-1-3-10(11)14/h5-7,10-11,15H,1-4,14H2. The number of sulfonamides is 1. The average molecular weight is 317 g/mol. The number of halogens is 1. The second-order valence-corrected chi connectivity index (χ2v) is 6.76. The van der Waals surface area contributed by atoms with Crippen LogP contribution in [0.4, 0.5) is 10.1 Å². The van der Waals surface area contributed by atoms with Crippen molar-refractivity contribution in [1.82, 2.24) is 4.72 Å². The van der Waals surface area contributed by atoms with Crippen LogP contribution in [-0.4, -0.2) is 25.4 Å². The molecule has 0 heterocycles. The van der Waals surface area contributed by atoms with Crippen LogP contribution in [0.1, 0.15) is 25.7 Å². The van der Waals surface area contributed by atoms with E-state index in [0.29, 0.717) is 12.5 Å². The van der Waals surface area contributed by atoms with Gasteiger partial charge in [-0.1, -0.05) is 12.8 Å². The lowest BCUT2D eigenvalue weighted by Gasteiger charge is -2.29. The molecular weight excluding hydrogens is 301 g/mol. The number of nitrogens with one attached hydrogen (secondary N) is 1. The molecule has 0 radical (unpaired) electrons. The summed E-state index contributed by atoms with van der Waals surface area (Å²) >= 11 is 0. The zero-order valence-electron chi connectivity index (χ0n) is 11.2. The number of nitro groups is 1. The van der Waals surface area contributed by atoms with Gasteiger partial charge in [-0.2, -0.15) is 4.39 Å². The zero-order valence-corrected chi connectivity index (χ0v) is 12.0. The lowest BCUT2D eigenvalue weighted by molar-refractivity contribution is -0.387. The van der Waals surface area contributed by atoms with Crippen LogP contribution < -0.4 is 10.5 Å². The molecule has 1 saturated carbocycles. The summed E-state index contributed by atoms with van der Waals surface area (Å²) in [7, 11) is -3.95. The van der Waals surface area contributed by atoms with Gasteiger partial charge in [0.2, 0.25) is 15.8 Å². The van der Waals surface area contributed by atoms with E-state index in [1.165, 1.54) is 0 Å². The van der Waals surface area contributed by atoms with E-state index in [1.54, 1.807) is 0 Å². The molecule has 0 aromatic heterocycles. The number of nitro benzene ring substituents is 1. The molecule has 1 fully saturated rings. The van der Waals surface area contributed by atoms with Gasteiger partial charge in [0.1, 0.15) is 0 Å². The maximum atomic E-state index is 13.5. The van der Waals surface area contributed by atoms with E-state index in [0.717, 1.165) is 31.4 Å². The fourth-order valence-corrected chi connectivity index (χ4v) is 3.71. The molecule has 0 bridgehead atoms. The second kappa shape index (κ2) is 6.04. The van der Waals surface area contributed by atoms with Crippen LogP contribution >= 0.6 is 0 Å². The monoisotopic (exact) mass is 317 g/mol. The van der Waals surface area contributed by atoms with E-state index in [9.17, 15) is 22.9 Å². The van der Waals surface area contributed by atoms with E-state index in [4.69, 9.17) is 5.73 Å². The van der Waals surface area contributed by atoms with Crippen LogP contribution in [0.15, 0.2) is 23.1 Å². The number of hydrogen-bond acceptors (Lipinski definition) is 5. The molecule has 0 saturated heterocycles. The summed E-state index contributed by atoms with van der Waals surface area (Å²) in [5.41, 5.74) is 5.11. The van der Waals surface area contributed by atoms with Crippen molar-refractivity contribution < 1.29 is 17.7 Å². The Kier molecular flexibility index (Phi) is 4.55. The van der Waals surface area contributed by atoms with E-state index in [2.05, 4.69) is 4.72 Å². The normalized spacial score (nSPS) is 23.0. The van der Waals surface area contributed by atoms with Gasteiger partial charge in [-0.3, -0.25) is 10.1 Å². The maximum Gasteiger partial charge on any atom is 0.304 e. The third kappa shape index (κ3) is 3.55. The predicted molar refractivity (Wildman–Crippen MR) is 73.6 cm³/mol. The van der Waals surface area contributed by atoms with E-state index < -0.39 is 32.5 Å². The highest BCUT2D eigenvalue weighted by molar-refractivity contribution is 7.89. The maximum absolute atomic E-state index is 13.5. The van der Waals surface area contributed by atoms with Gasteiger partial charge in [0.25, 0.3) is 0 Å². The predicted octanol–water partition coefficient (Wildman–Crippen LogP) is 1.28. The first kappa shape index (κ1) is 15.8. The van der Waals surface area contributed by atoms with Crippen molar-refractivity contribution in [2.45, 2.75) is 42.7 Å². The first-order valence-corrected chi connectivity index (χ1v) is 8.01. The Balaban J connectivity index is 2.23. The molecule has 3 N–H and O–H groups in total. The van der Waals surface area contributed by atoms with Crippen LogP contribution in [-0.2, 0) is 10.0 Å². The largest absolute Gasteiger partial charge is 0.326 e. The van der Waals surface area contributed by atoms with E-state index >= 15 is 0 Å². The summed E-state index contributed by atoms with van der Waals surface area (Å²) in [6.07, 6.45) is 3.17. The first-order valence-electron chi connectivity index (χ1n) is 6.53. The van der Waals surface area contributed by atoms with Gasteiger partial charge in [0, 0.05) is 24.2 Å². The molecule has 1 aromatic rings. The fraction of sp³-hybridized carbons (Fsp3) is 0.500. The van der Waals surface area contributed by atoms with Gasteiger partial charge in [0.05, 0.1) is 9.82 Å². The first-order chi connectivity index (χ1) is 9.81.